The third kappa shape index (κ3) is 7.29. The van der Waals surface area contributed by atoms with Crippen LogP contribution in [0.2, 0.25) is 0 Å². The largest absolute Gasteiger partial charge is 0.408 e. The van der Waals surface area contributed by atoms with Gasteiger partial charge in [-0.2, -0.15) is 13.2 Å². The monoisotopic (exact) mass is 442 g/mol. The van der Waals surface area contributed by atoms with Crippen molar-refractivity contribution in [1.29, 1.82) is 0 Å². The molecule has 0 saturated carbocycles. The van der Waals surface area contributed by atoms with E-state index in [0.717, 1.165) is 41.4 Å². The van der Waals surface area contributed by atoms with Gasteiger partial charge in [-0.3, -0.25) is 0 Å². The van der Waals surface area contributed by atoms with Gasteiger partial charge in [-0.15, -0.1) is 0 Å². The van der Waals surface area contributed by atoms with E-state index in [0.29, 0.717) is 0 Å². The van der Waals surface area contributed by atoms with Crippen LogP contribution >= 0.6 is 27.9 Å². The summed E-state index contributed by atoms with van der Waals surface area (Å²) in [6.07, 6.45) is -0.888. The van der Waals surface area contributed by atoms with Crippen LogP contribution in [0.25, 0.3) is 0 Å². The van der Waals surface area contributed by atoms with Gasteiger partial charge in [0.1, 0.15) is 11.9 Å². The first-order valence-corrected chi connectivity index (χ1v) is 9.67. The Kier molecular flexibility index (Phi) is 9.48. The molecule has 2 unspecified atom stereocenters. The van der Waals surface area contributed by atoms with Crippen molar-refractivity contribution >= 4 is 27.9 Å². The van der Waals surface area contributed by atoms with Crippen molar-refractivity contribution in [2.45, 2.75) is 44.2 Å². The SMILES string of the molecule is CCC/C(Br)=C\C(CN)SN(CC)C(c1ccc(F)cc1)C(F)(F)F. The van der Waals surface area contributed by atoms with Gasteiger partial charge in [-0.25, -0.2) is 8.70 Å². The molecule has 0 aliphatic rings. The van der Waals surface area contributed by atoms with Crippen LogP contribution in [0, 0.1) is 5.82 Å². The van der Waals surface area contributed by atoms with Gasteiger partial charge in [0.25, 0.3) is 0 Å². The third-order valence-corrected chi connectivity index (χ3v) is 5.45. The Morgan fingerprint density at radius 1 is 1.28 bits per heavy atom. The molecule has 0 bridgehead atoms. The quantitative estimate of drug-likeness (QED) is 0.386. The van der Waals surface area contributed by atoms with Crippen LogP contribution in [-0.2, 0) is 0 Å². The predicted molar refractivity (Wildman–Crippen MR) is 99.9 cm³/mol. The Labute approximate surface area is 159 Å². The molecule has 2 N–H and O–H groups in total. The Hall–Kier alpha value is -0.570. The van der Waals surface area contributed by atoms with E-state index in [-0.39, 0.29) is 23.9 Å². The van der Waals surface area contributed by atoms with Gasteiger partial charge in [-0.05, 0) is 28.6 Å². The lowest BCUT2D eigenvalue weighted by molar-refractivity contribution is -0.172. The average Bonchev–Trinajstić information content (AvgIpc) is 2.54. The van der Waals surface area contributed by atoms with Gasteiger partial charge in [0.2, 0.25) is 0 Å². The molecule has 0 amide bonds. The second-order valence-electron chi connectivity index (χ2n) is 5.47. The molecule has 2 atom stereocenters. The number of nitrogens with zero attached hydrogens (tertiary/aromatic N) is 1. The number of rotatable bonds is 9. The van der Waals surface area contributed by atoms with Gasteiger partial charge in [0.15, 0.2) is 0 Å². The van der Waals surface area contributed by atoms with E-state index in [1.807, 2.05) is 13.0 Å². The van der Waals surface area contributed by atoms with Gasteiger partial charge >= 0.3 is 6.18 Å². The van der Waals surface area contributed by atoms with Crippen molar-refractivity contribution in [3.63, 3.8) is 0 Å². The third-order valence-electron chi connectivity index (χ3n) is 3.45. The van der Waals surface area contributed by atoms with Crippen LogP contribution in [0.3, 0.4) is 0 Å². The van der Waals surface area contributed by atoms with Gasteiger partial charge in [-0.1, -0.05) is 66.4 Å². The molecule has 8 heteroatoms. The lowest BCUT2D eigenvalue weighted by atomic mass is 10.1. The first-order chi connectivity index (χ1) is 11.7. The second-order valence-corrected chi connectivity index (χ2v) is 7.78. The summed E-state index contributed by atoms with van der Waals surface area (Å²) in [6, 6.07) is 2.62. The number of alkyl halides is 3. The summed E-state index contributed by atoms with van der Waals surface area (Å²) in [7, 11) is 0. The summed E-state index contributed by atoms with van der Waals surface area (Å²) < 4.78 is 56.3. The summed E-state index contributed by atoms with van der Waals surface area (Å²) in [6.45, 7) is 4.07. The molecule has 1 aromatic rings. The molecule has 142 valence electrons. The standard InChI is InChI=1S/C17H23BrF4N2S/c1-3-5-13(18)10-15(11-23)25-24(4-2)16(17(20,21)22)12-6-8-14(19)9-7-12/h6-10,15-16H,3-5,11,23H2,1-2H3/b13-10+. The highest BCUT2D eigenvalue weighted by molar-refractivity contribution is 9.11. The van der Waals surface area contributed by atoms with Crippen molar-refractivity contribution < 1.29 is 17.6 Å². The van der Waals surface area contributed by atoms with Crippen LogP contribution in [0.4, 0.5) is 17.6 Å². The topological polar surface area (TPSA) is 29.3 Å². The van der Waals surface area contributed by atoms with E-state index >= 15 is 0 Å². The van der Waals surface area contributed by atoms with E-state index in [9.17, 15) is 17.6 Å². The van der Waals surface area contributed by atoms with Crippen LogP contribution in [0.1, 0.15) is 38.3 Å². The normalized spacial score (nSPS) is 15.5. The molecule has 0 aromatic heterocycles. The molecule has 0 saturated heterocycles. The van der Waals surface area contributed by atoms with Crippen LogP contribution in [0.5, 0.6) is 0 Å². The molecule has 0 aliphatic heterocycles. The van der Waals surface area contributed by atoms with E-state index in [2.05, 4.69) is 15.9 Å². The summed E-state index contributed by atoms with van der Waals surface area (Å²) in [5.74, 6) is -0.563. The molecule has 0 spiro atoms. The zero-order chi connectivity index (χ0) is 19.0. The minimum atomic E-state index is -4.48. The molecular formula is C17H23BrF4N2S. The lowest BCUT2D eigenvalue weighted by Gasteiger charge is -2.33. The minimum Gasteiger partial charge on any atom is -0.329 e. The molecule has 0 radical (unpaired) electrons. The predicted octanol–water partition coefficient (Wildman–Crippen LogP) is 5.81. The lowest BCUT2D eigenvalue weighted by Crippen LogP contribution is -2.36. The van der Waals surface area contributed by atoms with Crippen LogP contribution in [0.15, 0.2) is 34.8 Å². The van der Waals surface area contributed by atoms with Crippen molar-refractivity contribution in [3.8, 4) is 0 Å². The van der Waals surface area contributed by atoms with Gasteiger partial charge in [0.05, 0.1) is 5.25 Å². The Balaban J connectivity index is 3.08. The average molecular weight is 443 g/mol. The molecule has 0 fully saturated rings. The number of allylic oxidation sites excluding steroid dienone is 1. The van der Waals surface area contributed by atoms with Crippen LogP contribution < -0.4 is 5.73 Å². The summed E-state index contributed by atoms with van der Waals surface area (Å²) >= 11 is 4.50. The number of hydrogen-bond donors (Lipinski definition) is 1. The number of halogens is 5. The molecule has 2 nitrogen and oxygen atoms in total. The molecule has 1 aromatic carbocycles. The first-order valence-electron chi connectivity index (χ1n) is 8.04. The fourth-order valence-electron chi connectivity index (χ4n) is 2.32. The van der Waals surface area contributed by atoms with E-state index < -0.39 is 18.0 Å². The summed E-state index contributed by atoms with van der Waals surface area (Å²) in [5, 5.41) is -0.286. The smallest absolute Gasteiger partial charge is 0.329 e. The maximum absolute atomic E-state index is 13.7. The van der Waals surface area contributed by atoms with E-state index in [1.165, 1.54) is 16.4 Å². The number of nitrogens with two attached hydrogens (primary N) is 1. The Bertz CT molecular complexity index is 549. The highest BCUT2D eigenvalue weighted by Crippen LogP contribution is 2.42. The number of hydrogen-bond acceptors (Lipinski definition) is 3. The van der Waals surface area contributed by atoms with Crippen molar-refractivity contribution in [1.82, 2.24) is 4.31 Å². The number of benzene rings is 1. The maximum atomic E-state index is 13.7. The van der Waals surface area contributed by atoms with Crippen molar-refractivity contribution in [2.75, 3.05) is 13.1 Å². The summed E-state index contributed by atoms with van der Waals surface area (Å²) in [4.78, 5) is 0. The van der Waals surface area contributed by atoms with Crippen LogP contribution in [-0.4, -0.2) is 28.8 Å². The van der Waals surface area contributed by atoms with E-state index in [1.54, 1.807) is 6.92 Å². The zero-order valence-corrected chi connectivity index (χ0v) is 16.6. The fourth-order valence-corrected chi connectivity index (χ4v) is 4.38. The Morgan fingerprint density at radius 2 is 1.88 bits per heavy atom. The minimum absolute atomic E-state index is 0.00984. The maximum Gasteiger partial charge on any atom is 0.408 e. The molecule has 0 aliphatic carbocycles. The molecule has 0 heterocycles. The molecular weight excluding hydrogens is 420 g/mol. The fraction of sp³-hybridized carbons (Fsp3) is 0.529. The van der Waals surface area contributed by atoms with Crippen molar-refractivity contribution in [3.05, 3.63) is 46.2 Å². The zero-order valence-electron chi connectivity index (χ0n) is 14.2. The highest BCUT2D eigenvalue weighted by atomic mass is 79.9. The summed E-state index contributed by atoms with van der Waals surface area (Å²) in [5.41, 5.74) is 5.75. The van der Waals surface area contributed by atoms with Crippen molar-refractivity contribution in [2.24, 2.45) is 5.73 Å². The van der Waals surface area contributed by atoms with Gasteiger partial charge in [0, 0.05) is 13.1 Å². The van der Waals surface area contributed by atoms with E-state index in [4.69, 9.17) is 5.73 Å². The Morgan fingerprint density at radius 3 is 2.32 bits per heavy atom. The van der Waals surface area contributed by atoms with Gasteiger partial charge < -0.3 is 5.73 Å². The molecule has 1 rings (SSSR count). The highest BCUT2D eigenvalue weighted by Gasteiger charge is 2.45. The second kappa shape index (κ2) is 10.5. The first kappa shape index (κ1) is 22.5. The molecule has 25 heavy (non-hydrogen) atoms.